The van der Waals surface area contributed by atoms with E-state index in [-0.39, 0.29) is 5.41 Å². The second-order valence-electron chi connectivity index (χ2n) is 6.20. The molecule has 0 aliphatic rings. The molecule has 0 amide bonds. The van der Waals surface area contributed by atoms with E-state index in [1.165, 1.54) is 11.1 Å². The zero-order valence-corrected chi connectivity index (χ0v) is 13.1. The molecule has 1 heterocycles. The first kappa shape index (κ1) is 14.4. The Bertz CT molecular complexity index is 616. The van der Waals surface area contributed by atoms with Crippen LogP contribution >= 0.6 is 0 Å². The van der Waals surface area contributed by atoms with Gasteiger partial charge in [0.25, 0.3) is 0 Å². The van der Waals surface area contributed by atoms with Crippen LogP contribution in [0, 0.1) is 6.92 Å². The van der Waals surface area contributed by atoms with Gasteiger partial charge in [-0.15, -0.1) is 0 Å². The van der Waals surface area contributed by atoms with Crippen molar-refractivity contribution in [2.75, 3.05) is 12.8 Å². The van der Waals surface area contributed by atoms with Crippen LogP contribution in [0.25, 0.3) is 11.3 Å². The third-order valence-corrected chi connectivity index (χ3v) is 3.55. The third kappa shape index (κ3) is 2.50. The fourth-order valence-corrected chi connectivity index (χ4v) is 2.33. The summed E-state index contributed by atoms with van der Waals surface area (Å²) in [5.41, 5.74) is 10.2. The Morgan fingerprint density at radius 2 is 1.85 bits per heavy atom. The highest BCUT2D eigenvalue weighted by atomic mass is 16.5. The van der Waals surface area contributed by atoms with E-state index in [4.69, 9.17) is 10.5 Å². The highest BCUT2D eigenvalue weighted by Gasteiger charge is 2.21. The minimum atomic E-state index is 0.0395. The van der Waals surface area contributed by atoms with E-state index in [0.717, 1.165) is 17.0 Å². The van der Waals surface area contributed by atoms with Gasteiger partial charge in [0.05, 0.1) is 12.8 Å². The smallest absolute Gasteiger partial charge is 0.123 e. The molecule has 108 valence electrons. The zero-order chi connectivity index (χ0) is 15.1. The molecule has 0 spiro atoms. The van der Waals surface area contributed by atoms with Crippen molar-refractivity contribution in [3.63, 3.8) is 0 Å². The average Bonchev–Trinajstić information content (AvgIpc) is 2.68. The number of benzene rings is 1. The lowest BCUT2D eigenvalue weighted by Gasteiger charge is -2.23. The van der Waals surface area contributed by atoms with Crippen molar-refractivity contribution in [2.24, 2.45) is 7.05 Å². The summed E-state index contributed by atoms with van der Waals surface area (Å²) in [6.07, 6.45) is 0. The molecule has 0 saturated heterocycles. The van der Waals surface area contributed by atoms with Gasteiger partial charge in [0.15, 0.2) is 0 Å². The molecule has 0 bridgehead atoms. The predicted octanol–water partition coefficient (Wildman–Crippen LogP) is 3.28. The van der Waals surface area contributed by atoms with Gasteiger partial charge in [0.1, 0.15) is 11.6 Å². The van der Waals surface area contributed by atoms with Crippen LogP contribution < -0.4 is 10.5 Å². The summed E-state index contributed by atoms with van der Waals surface area (Å²) in [6.45, 7) is 8.64. The van der Waals surface area contributed by atoms with Crippen molar-refractivity contribution in [1.29, 1.82) is 0 Å². The van der Waals surface area contributed by atoms with E-state index in [1.54, 1.807) is 11.8 Å². The van der Waals surface area contributed by atoms with Crippen molar-refractivity contribution in [3.05, 3.63) is 29.3 Å². The number of rotatable bonds is 2. The lowest BCUT2D eigenvalue weighted by Crippen LogP contribution is -2.13. The first-order valence-electron chi connectivity index (χ1n) is 6.73. The second kappa shape index (κ2) is 4.85. The van der Waals surface area contributed by atoms with Gasteiger partial charge in [0, 0.05) is 18.7 Å². The molecule has 20 heavy (non-hydrogen) atoms. The number of anilines is 1. The fourth-order valence-electron chi connectivity index (χ4n) is 2.33. The standard InChI is InChI=1S/C16H23N3O/c1-10-7-12(16(2,3)4)14(20-6)8-11(10)13-9-15(17)19(5)18-13/h7-9H,17H2,1-6H3. The SMILES string of the molecule is COc1cc(-c2cc(N)n(C)n2)c(C)cc1C(C)(C)C. The molecule has 0 unspecified atom stereocenters. The number of hydrogen-bond donors (Lipinski definition) is 1. The van der Waals surface area contributed by atoms with Gasteiger partial charge in [-0.3, -0.25) is 4.68 Å². The maximum Gasteiger partial charge on any atom is 0.123 e. The van der Waals surface area contributed by atoms with Gasteiger partial charge in [0.2, 0.25) is 0 Å². The Hall–Kier alpha value is -1.97. The van der Waals surface area contributed by atoms with Crippen LogP contribution in [0.3, 0.4) is 0 Å². The van der Waals surface area contributed by atoms with Crippen LogP contribution in [0.4, 0.5) is 5.82 Å². The maximum atomic E-state index is 5.87. The summed E-state index contributed by atoms with van der Waals surface area (Å²) in [5.74, 6) is 1.54. The normalized spacial score (nSPS) is 11.7. The molecule has 0 fully saturated rings. The summed E-state index contributed by atoms with van der Waals surface area (Å²) in [7, 11) is 3.55. The number of nitrogens with zero attached hydrogens (tertiary/aromatic N) is 2. The molecule has 0 atom stereocenters. The Morgan fingerprint density at radius 1 is 1.20 bits per heavy atom. The highest BCUT2D eigenvalue weighted by molar-refractivity contribution is 5.69. The van der Waals surface area contributed by atoms with Gasteiger partial charge in [-0.2, -0.15) is 5.10 Å². The summed E-state index contributed by atoms with van der Waals surface area (Å²) < 4.78 is 7.24. The topological polar surface area (TPSA) is 53.1 Å². The monoisotopic (exact) mass is 273 g/mol. The van der Waals surface area contributed by atoms with Crippen LogP contribution in [0.15, 0.2) is 18.2 Å². The minimum absolute atomic E-state index is 0.0395. The van der Waals surface area contributed by atoms with Crippen LogP contribution in [-0.4, -0.2) is 16.9 Å². The summed E-state index contributed by atoms with van der Waals surface area (Å²) >= 11 is 0. The van der Waals surface area contributed by atoms with Crippen LogP contribution in [0.5, 0.6) is 5.75 Å². The molecule has 2 N–H and O–H groups in total. The lowest BCUT2D eigenvalue weighted by molar-refractivity contribution is 0.397. The molecular formula is C16H23N3O. The average molecular weight is 273 g/mol. The predicted molar refractivity (Wildman–Crippen MR) is 83.0 cm³/mol. The van der Waals surface area contributed by atoms with Gasteiger partial charge < -0.3 is 10.5 Å². The number of aryl methyl sites for hydroxylation is 2. The molecule has 1 aromatic carbocycles. The van der Waals surface area contributed by atoms with Gasteiger partial charge >= 0.3 is 0 Å². The van der Waals surface area contributed by atoms with E-state index in [9.17, 15) is 0 Å². The molecule has 1 aromatic heterocycles. The summed E-state index contributed by atoms with van der Waals surface area (Å²) in [4.78, 5) is 0. The zero-order valence-electron chi connectivity index (χ0n) is 13.1. The Morgan fingerprint density at radius 3 is 2.30 bits per heavy atom. The van der Waals surface area contributed by atoms with Gasteiger partial charge in [-0.05, 0) is 29.5 Å². The van der Waals surface area contributed by atoms with E-state index in [1.807, 2.05) is 13.1 Å². The van der Waals surface area contributed by atoms with E-state index in [0.29, 0.717) is 5.82 Å². The molecule has 4 heteroatoms. The maximum absolute atomic E-state index is 5.87. The molecule has 0 radical (unpaired) electrons. The number of ether oxygens (including phenoxy) is 1. The number of aromatic nitrogens is 2. The minimum Gasteiger partial charge on any atom is -0.496 e. The first-order valence-corrected chi connectivity index (χ1v) is 6.73. The lowest BCUT2D eigenvalue weighted by atomic mass is 9.84. The van der Waals surface area contributed by atoms with Crippen molar-refractivity contribution < 1.29 is 4.74 Å². The van der Waals surface area contributed by atoms with Crippen LogP contribution in [0.2, 0.25) is 0 Å². The van der Waals surface area contributed by atoms with E-state index < -0.39 is 0 Å². The number of nitrogens with two attached hydrogens (primary N) is 1. The van der Waals surface area contributed by atoms with E-state index in [2.05, 4.69) is 44.9 Å². The van der Waals surface area contributed by atoms with Crippen molar-refractivity contribution >= 4 is 5.82 Å². The largest absolute Gasteiger partial charge is 0.496 e. The van der Waals surface area contributed by atoms with Crippen molar-refractivity contribution in [3.8, 4) is 17.0 Å². The molecule has 0 saturated carbocycles. The Kier molecular flexibility index (Phi) is 3.50. The molecule has 0 aliphatic carbocycles. The summed E-state index contributed by atoms with van der Waals surface area (Å²) in [5, 5.41) is 4.44. The third-order valence-electron chi connectivity index (χ3n) is 3.55. The Balaban J connectivity index is 2.62. The molecular weight excluding hydrogens is 250 g/mol. The quantitative estimate of drug-likeness (QED) is 0.913. The molecule has 4 nitrogen and oxygen atoms in total. The second-order valence-corrected chi connectivity index (χ2v) is 6.20. The number of nitrogen functional groups attached to an aromatic ring is 1. The number of methoxy groups -OCH3 is 1. The number of hydrogen-bond acceptors (Lipinski definition) is 3. The van der Waals surface area contributed by atoms with Gasteiger partial charge in [-0.25, -0.2) is 0 Å². The molecule has 0 aliphatic heterocycles. The summed E-state index contributed by atoms with van der Waals surface area (Å²) in [6, 6.07) is 6.12. The van der Waals surface area contributed by atoms with Crippen molar-refractivity contribution in [2.45, 2.75) is 33.1 Å². The first-order chi connectivity index (χ1) is 9.24. The van der Waals surface area contributed by atoms with Crippen LogP contribution in [-0.2, 0) is 12.5 Å². The van der Waals surface area contributed by atoms with Crippen LogP contribution in [0.1, 0.15) is 31.9 Å². The highest BCUT2D eigenvalue weighted by Crippen LogP contribution is 2.36. The van der Waals surface area contributed by atoms with Crippen molar-refractivity contribution in [1.82, 2.24) is 9.78 Å². The van der Waals surface area contributed by atoms with E-state index >= 15 is 0 Å². The molecule has 2 rings (SSSR count). The fraction of sp³-hybridized carbons (Fsp3) is 0.438. The Labute approximate surface area is 120 Å². The molecule has 2 aromatic rings. The van der Waals surface area contributed by atoms with Gasteiger partial charge in [-0.1, -0.05) is 26.8 Å².